The van der Waals surface area contributed by atoms with Gasteiger partial charge in [-0.2, -0.15) is 15.4 Å². The SMILES string of the molecule is Cc1cc(Br)c(O)c(C=Nc2ccc3n[nH]nc3c2)c1. The molecular weight excluding hydrogens is 320 g/mol. The average molecular weight is 331 g/mol. The van der Waals surface area contributed by atoms with E-state index in [0.717, 1.165) is 22.3 Å². The van der Waals surface area contributed by atoms with Crippen molar-refractivity contribution in [1.29, 1.82) is 0 Å². The van der Waals surface area contributed by atoms with E-state index in [9.17, 15) is 5.11 Å². The van der Waals surface area contributed by atoms with Gasteiger partial charge in [-0.3, -0.25) is 4.99 Å². The normalized spacial score (nSPS) is 11.5. The minimum atomic E-state index is 0.182. The van der Waals surface area contributed by atoms with E-state index in [1.54, 1.807) is 6.21 Å². The van der Waals surface area contributed by atoms with E-state index in [-0.39, 0.29) is 5.75 Å². The Balaban J connectivity index is 1.97. The monoisotopic (exact) mass is 330 g/mol. The molecule has 1 heterocycles. The summed E-state index contributed by atoms with van der Waals surface area (Å²) in [5.41, 5.74) is 4.02. The van der Waals surface area contributed by atoms with Crippen LogP contribution in [0, 0.1) is 6.92 Å². The molecule has 100 valence electrons. The number of benzene rings is 2. The molecule has 5 nitrogen and oxygen atoms in total. The summed E-state index contributed by atoms with van der Waals surface area (Å²) < 4.78 is 0.658. The summed E-state index contributed by atoms with van der Waals surface area (Å²) in [6.45, 7) is 1.96. The maximum Gasteiger partial charge on any atom is 0.138 e. The highest BCUT2D eigenvalue weighted by atomic mass is 79.9. The molecule has 6 heteroatoms. The van der Waals surface area contributed by atoms with Gasteiger partial charge in [-0.1, -0.05) is 0 Å². The van der Waals surface area contributed by atoms with Gasteiger partial charge in [-0.25, -0.2) is 0 Å². The number of aromatic nitrogens is 3. The van der Waals surface area contributed by atoms with Crippen LogP contribution in [-0.2, 0) is 0 Å². The van der Waals surface area contributed by atoms with E-state index in [2.05, 4.69) is 36.3 Å². The van der Waals surface area contributed by atoms with Crippen LogP contribution in [0.3, 0.4) is 0 Å². The smallest absolute Gasteiger partial charge is 0.138 e. The molecule has 2 aromatic carbocycles. The highest BCUT2D eigenvalue weighted by Crippen LogP contribution is 2.28. The van der Waals surface area contributed by atoms with Gasteiger partial charge in [-0.15, -0.1) is 0 Å². The lowest BCUT2D eigenvalue weighted by Crippen LogP contribution is -1.86. The van der Waals surface area contributed by atoms with E-state index in [4.69, 9.17) is 0 Å². The number of aliphatic imine (C=N–C) groups is 1. The van der Waals surface area contributed by atoms with E-state index in [1.165, 1.54) is 0 Å². The Morgan fingerprint density at radius 3 is 2.85 bits per heavy atom. The predicted molar refractivity (Wildman–Crippen MR) is 81.7 cm³/mol. The van der Waals surface area contributed by atoms with Gasteiger partial charge in [-0.05, 0) is 58.7 Å². The van der Waals surface area contributed by atoms with Gasteiger partial charge in [0.2, 0.25) is 0 Å². The lowest BCUT2D eigenvalue weighted by atomic mass is 10.1. The number of aromatic amines is 1. The third-order valence-corrected chi connectivity index (χ3v) is 3.49. The Morgan fingerprint density at radius 2 is 2.00 bits per heavy atom. The Labute approximate surface area is 123 Å². The Bertz CT molecular complexity index is 810. The molecule has 0 saturated heterocycles. The number of halogens is 1. The number of phenolic OH excluding ortho intramolecular Hbond substituents is 1. The Hall–Kier alpha value is -2.21. The minimum absolute atomic E-state index is 0.182. The zero-order valence-electron chi connectivity index (χ0n) is 10.6. The topological polar surface area (TPSA) is 74.2 Å². The molecule has 0 amide bonds. The number of H-pyrrole nitrogens is 1. The van der Waals surface area contributed by atoms with Crippen molar-refractivity contribution in [3.63, 3.8) is 0 Å². The van der Waals surface area contributed by atoms with Crippen molar-refractivity contribution >= 4 is 38.9 Å². The zero-order chi connectivity index (χ0) is 14.1. The molecule has 0 aliphatic heterocycles. The maximum absolute atomic E-state index is 9.97. The molecule has 0 unspecified atom stereocenters. The first-order valence-corrected chi connectivity index (χ1v) is 6.76. The number of hydrogen-bond acceptors (Lipinski definition) is 4. The fraction of sp³-hybridized carbons (Fsp3) is 0.0714. The first-order valence-electron chi connectivity index (χ1n) is 5.97. The van der Waals surface area contributed by atoms with Crippen molar-refractivity contribution in [2.24, 2.45) is 4.99 Å². The second kappa shape index (κ2) is 5.05. The number of nitrogens with one attached hydrogen (secondary N) is 1. The van der Waals surface area contributed by atoms with Crippen molar-refractivity contribution in [2.75, 3.05) is 0 Å². The third kappa shape index (κ3) is 2.42. The van der Waals surface area contributed by atoms with Gasteiger partial charge in [0, 0.05) is 11.8 Å². The lowest BCUT2D eigenvalue weighted by molar-refractivity contribution is 0.471. The molecule has 20 heavy (non-hydrogen) atoms. The van der Waals surface area contributed by atoms with Crippen LogP contribution in [0.25, 0.3) is 11.0 Å². The standard InChI is InChI=1S/C14H11BrN4O/c1-8-4-9(14(20)11(15)5-8)7-16-10-2-3-12-13(6-10)18-19-17-12/h2-7,20H,1H3,(H,17,18,19). The number of fused-ring (bicyclic) bond motifs is 1. The molecule has 3 rings (SSSR count). The van der Waals surface area contributed by atoms with Crippen LogP contribution < -0.4 is 0 Å². The number of aromatic hydroxyl groups is 1. The molecule has 0 aliphatic rings. The minimum Gasteiger partial charge on any atom is -0.506 e. The Kier molecular flexibility index (Phi) is 3.23. The summed E-state index contributed by atoms with van der Waals surface area (Å²) in [5.74, 6) is 0.182. The molecule has 1 aromatic heterocycles. The first kappa shape index (κ1) is 12.8. The van der Waals surface area contributed by atoms with Gasteiger partial charge in [0.05, 0.1) is 10.2 Å². The largest absolute Gasteiger partial charge is 0.506 e. The third-order valence-electron chi connectivity index (χ3n) is 2.89. The van der Waals surface area contributed by atoms with Crippen molar-refractivity contribution in [3.05, 3.63) is 45.9 Å². The summed E-state index contributed by atoms with van der Waals surface area (Å²) in [5, 5.41) is 20.5. The molecule has 0 spiro atoms. The van der Waals surface area contributed by atoms with E-state index < -0.39 is 0 Å². The number of phenols is 1. The predicted octanol–water partition coefficient (Wildman–Crippen LogP) is 3.49. The summed E-state index contributed by atoms with van der Waals surface area (Å²) in [4.78, 5) is 4.36. The van der Waals surface area contributed by atoms with Crippen LogP contribution in [0.15, 0.2) is 39.8 Å². The van der Waals surface area contributed by atoms with Crippen molar-refractivity contribution < 1.29 is 5.11 Å². The van der Waals surface area contributed by atoms with Crippen LogP contribution in [0.2, 0.25) is 0 Å². The molecule has 0 radical (unpaired) electrons. The van der Waals surface area contributed by atoms with Crippen LogP contribution in [0.5, 0.6) is 5.75 Å². The van der Waals surface area contributed by atoms with Crippen molar-refractivity contribution in [1.82, 2.24) is 15.4 Å². The van der Waals surface area contributed by atoms with Gasteiger partial charge >= 0.3 is 0 Å². The van der Waals surface area contributed by atoms with Gasteiger partial charge in [0.15, 0.2) is 0 Å². The summed E-state index contributed by atoms with van der Waals surface area (Å²) in [7, 11) is 0. The Morgan fingerprint density at radius 1 is 1.20 bits per heavy atom. The van der Waals surface area contributed by atoms with Crippen LogP contribution in [-0.4, -0.2) is 26.7 Å². The van der Waals surface area contributed by atoms with Crippen LogP contribution >= 0.6 is 15.9 Å². The fourth-order valence-electron chi connectivity index (χ4n) is 1.91. The van der Waals surface area contributed by atoms with Crippen LogP contribution in [0.1, 0.15) is 11.1 Å². The maximum atomic E-state index is 9.97. The average Bonchev–Trinajstić information content (AvgIpc) is 2.88. The van der Waals surface area contributed by atoms with Crippen molar-refractivity contribution in [2.45, 2.75) is 6.92 Å². The van der Waals surface area contributed by atoms with Gasteiger partial charge in [0.25, 0.3) is 0 Å². The molecule has 0 fully saturated rings. The molecule has 3 aromatic rings. The lowest BCUT2D eigenvalue weighted by Gasteiger charge is -2.03. The zero-order valence-corrected chi connectivity index (χ0v) is 12.2. The van der Waals surface area contributed by atoms with Crippen molar-refractivity contribution in [3.8, 4) is 5.75 Å². The van der Waals surface area contributed by atoms with E-state index >= 15 is 0 Å². The highest BCUT2D eigenvalue weighted by Gasteiger charge is 2.05. The van der Waals surface area contributed by atoms with E-state index in [1.807, 2.05) is 37.3 Å². The van der Waals surface area contributed by atoms with Crippen LogP contribution in [0.4, 0.5) is 5.69 Å². The highest BCUT2D eigenvalue weighted by molar-refractivity contribution is 9.10. The quantitative estimate of drug-likeness (QED) is 0.706. The fourth-order valence-corrected chi connectivity index (χ4v) is 2.50. The number of nitrogens with zero attached hydrogens (tertiary/aromatic N) is 3. The molecule has 0 atom stereocenters. The molecule has 0 saturated carbocycles. The molecular formula is C14H11BrN4O. The second-order valence-electron chi connectivity index (χ2n) is 4.44. The summed E-state index contributed by atoms with van der Waals surface area (Å²) >= 11 is 3.32. The summed E-state index contributed by atoms with van der Waals surface area (Å²) in [6.07, 6.45) is 1.63. The number of hydrogen-bond donors (Lipinski definition) is 2. The molecule has 0 bridgehead atoms. The van der Waals surface area contributed by atoms with Gasteiger partial charge in [0.1, 0.15) is 16.8 Å². The molecule has 2 N–H and O–H groups in total. The molecule has 0 aliphatic carbocycles. The second-order valence-corrected chi connectivity index (χ2v) is 5.29. The number of aryl methyl sites for hydroxylation is 1. The first-order chi connectivity index (χ1) is 9.63. The van der Waals surface area contributed by atoms with Gasteiger partial charge < -0.3 is 5.11 Å². The van der Waals surface area contributed by atoms with E-state index in [0.29, 0.717) is 10.0 Å². The summed E-state index contributed by atoms with van der Waals surface area (Å²) in [6, 6.07) is 9.25. The number of rotatable bonds is 2.